The zero-order chi connectivity index (χ0) is 21.2. The molecular weight excluding hydrogens is 394 g/mol. The molecule has 1 aliphatic carbocycles. The van der Waals surface area contributed by atoms with Gasteiger partial charge in [0, 0.05) is 5.92 Å². The quantitative estimate of drug-likeness (QED) is 0.619. The van der Waals surface area contributed by atoms with Crippen molar-refractivity contribution in [2.75, 3.05) is 13.4 Å². The van der Waals surface area contributed by atoms with E-state index in [1.807, 2.05) is 54.6 Å². The second-order valence-corrected chi connectivity index (χ2v) is 7.99. The maximum atomic E-state index is 13.1. The lowest BCUT2D eigenvalue weighted by Crippen LogP contribution is -2.39. The first kappa shape index (κ1) is 19.4. The first-order chi connectivity index (χ1) is 15.2. The second kappa shape index (κ2) is 8.30. The molecule has 2 atom stereocenters. The Morgan fingerprint density at radius 2 is 1.90 bits per heavy atom. The summed E-state index contributed by atoms with van der Waals surface area (Å²) < 4.78 is 16.1. The zero-order valence-electron chi connectivity index (χ0n) is 17.0. The molecule has 2 aliphatic rings. The summed E-state index contributed by atoms with van der Waals surface area (Å²) in [6, 6.07) is 17.8. The molecule has 5 rings (SSSR count). The number of ether oxygens (including phenoxy) is 3. The zero-order valence-corrected chi connectivity index (χ0v) is 17.0. The Morgan fingerprint density at radius 3 is 2.77 bits per heavy atom. The number of benzene rings is 3. The minimum absolute atomic E-state index is 0.00506. The molecule has 0 spiro atoms. The Balaban J connectivity index is 1.42. The largest absolute Gasteiger partial charge is 0.468 e. The van der Waals surface area contributed by atoms with Crippen molar-refractivity contribution < 1.29 is 23.8 Å². The molecule has 6 heteroatoms. The topological polar surface area (TPSA) is 73.9 Å². The van der Waals surface area contributed by atoms with Crippen molar-refractivity contribution in [2.45, 2.75) is 25.3 Å². The molecule has 2 unspecified atom stereocenters. The van der Waals surface area contributed by atoms with Crippen molar-refractivity contribution in [2.24, 2.45) is 5.92 Å². The summed E-state index contributed by atoms with van der Waals surface area (Å²) in [7, 11) is 0. The third kappa shape index (κ3) is 3.81. The van der Waals surface area contributed by atoms with Gasteiger partial charge in [0.05, 0.1) is 19.1 Å². The summed E-state index contributed by atoms with van der Waals surface area (Å²) >= 11 is 0. The molecule has 1 N–H and O–H groups in total. The van der Waals surface area contributed by atoms with Gasteiger partial charge in [-0.2, -0.15) is 0 Å². The lowest BCUT2D eigenvalue weighted by Gasteiger charge is -2.34. The van der Waals surface area contributed by atoms with Crippen LogP contribution in [0.1, 0.15) is 29.2 Å². The fourth-order valence-corrected chi connectivity index (χ4v) is 4.65. The van der Waals surface area contributed by atoms with Crippen molar-refractivity contribution in [1.29, 1.82) is 0 Å². The normalized spacial score (nSPS) is 19.0. The number of hydrogen-bond donors (Lipinski definition) is 1. The molecule has 3 aromatic rings. The first-order valence-electron chi connectivity index (χ1n) is 10.5. The van der Waals surface area contributed by atoms with Gasteiger partial charge in [0.1, 0.15) is 0 Å². The second-order valence-electron chi connectivity index (χ2n) is 7.99. The van der Waals surface area contributed by atoms with Crippen LogP contribution in [0.3, 0.4) is 0 Å². The third-order valence-corrected chi connectivity index (χ3v) is 6.15. The first-order valence-corrected chi connectivity index (χ1v) is 10.5. The van der Waals surface area contributed by atoms with Gasteiger partial charge in [0.25, 0.3) is 6.47 Å². The van der Waals surface area contributed by atoms with E-state index in [-0.39, 0.29) is 37.7 Å². The van der Waals surface area contributed by atoms with Gasteiger partial charge in [-0.1, -0.05) is 42.5 Å². The van der Waals surface area contributed by atoms with Crippen LogP contribution in [0.4, 0.5) is 0 Å². The molecule has 0 bridgehead atoms. The third-order valence-electron chi connectivity index (χ3n) is 6.15. The summed E-state index contributed by atoms with van der Waals surface area (Å²) in [5.74, 6) is 1.35. The van der Waals surface area contributed by atoms with Crippen LogP contribution in [0.15, 0.2) is 54.6 Å². The minimum Gasteiger partial charge on any atom is -0.468 e. The fourth-order valence-electron chi connectivity index (χ4n) is 4.65. The number of fused-ring (bicyclic) bond motifs is 3. The number of nitrogens with one attached hydrogen (secondary N) is 1. The summed E-state index contributed by atoms with van der Waals surface area (Å²) in [6.07, 6.45) is 1.91. The Bertz CT molecular complexity index is 1140. The Kier molecular flexibility index (Phi) is 5.20. The van der Waals surface area contributed by atoms with E-state index >= 15 is 0 Å². The molecule has 0 saturated heterocycles. The molecule has 1 aliphatic heterocycles. The van der Waals surface area contributed by atoms with E-state index in [0.29, 0.717) is 12.2 Å². The van der Waals surface area contributed by atoms with Crippen molar-refractivity contribution in [3.63, 3.8) is 0 Å². The van der Waals surface area contributed by atoms with Gasteiger partial charge in [-0.3, -0.25) is 9.59 Å². The van der Waals surface area contributed by atoms with E-state index in [0.717, 1.165) is 46.1 Å². The van der Waals surface area contributed by atoms with Crippen LogP contribution in [0.25, 0.3) is 10.8 Å². The number of hydrogen-bond acceptors (Lipinski definition) is 5. The van der Waals surface area contributed by atoms with Gasteiger partial charge < -0.3 is 19.5 Å². The minimum atomic E-state index is -0.263. The van der Waals surface area contributed by atoms with Crippen LogP contribution in [-0.2, 0) is 27.2 Å². The predicted molar refractivity (Wildman–Crippen MR) is 115 cm³/mol. The molecule has 1 amide bonds. The van der Waals surface area contributed by atoms with E-state index in [1.165, 1.54) is 0 Å². The maximum Gasteiger partial charge on any atom is 0.293 e. The molecule has 158 valence electrons. The summed E-state index contributed by atoms with van der Waals surface area (Å²) in [5, 5.41) is 5.40. The smallest absolute Gasteiger partial charge is 0.293 e. The van der Waals surface area contributed by atoms with Crippen molar-refractivity contribution >= 4 is 23.2 Å². The van der Waals surface area contributed by atoms with E-state index in [4.69, 9.17) is 14.2 Å². The lowest BCUT2D eigenvalue weighted by molar-refractivity contribution is -0.130. The predicted octanol–water partition coefficient (Wildman–Crippen LogP) is 3.70. The molecule has 0 radical (unpaired) electrons. The maximum absolute atomic E-state index is 13.1. The summed E-state index contributed by atoms with van der Waals surface area (Å²) in [4.78, 5) is 23.9. The molecule has 0 fully saturated rings. The van der Waals surface area contributed by atoms with Gasteiger partial charge in [-0.05, 0) is 52.4 Å². The average Bonchev–Trinajstić information content (AvgIpc) is 3.25. The highest BCUT2D eigenvalue weighted by atomic mass is 16.7. The Hall–Kier alpha value is -3.54. The molecular formula is C25H23NO5. The van der Waals surface area contributed by atoms with E-state index in [9.17, 15) is 9.59 Å². The number of carbonyl (C=O) groups is 2. The van der Waals surface area contributed by atoms with Crippen molar-refractivity contribution in [1.82, 2.24) is 5.32 Å². The monoisotopic (exact) mass is 417 g/mol. The van der Waals surface area contributed by atoms with Gasteiger partial charge in [-0.25, -0.2) is 0 Å². The van der Waals surface area contributed by atoms with Crippen LogP contribution < -0.4 is 14.8 Å². The number of carbonyl (C=O) groups excluding carboxylic acids is 2. The van der Waals surface area contributed by atoms with Gasteiger partial charge in [-0.15, -0.1) is 0 Å². The number of aryl methyl sites for hydroxylation is 1. The molecule has 0 saturated carbocycles. The van der Waals surface area contributed by atoms with Gasteiger partial charge in [0.15, 0.2) is 11.5 Å². The van der Waals surface area contributed by atoms with Crippen LogP contribution in [0.5, 0.6) is 11.5 Å². The van der Waals surface area contributed by atoms with Crippen LogP contribution in [0.2, 0.25) is 0 Å². The van der Waals surface area contributed by atoms with Crippen LogP contribution in [-0.4, -0.2) is 25.8 Å². The summed E-state index contributed by atoms with van der Waals surface area (Å²) in [5.41, 5.74) is 3.11. The van der Waals surface area contributed by atoms with Crippen LogP contribution in [0, 0.1) is 5.92 Å². The highest BCUT2D eigenvalue weighted by Crippen LogP contribution is 2.42. The van der Waals surface area contributed by atoms with Gasteiger partial charge >= 0.3 is 0 Å². The SMILES string of the molecule is O=COCC1CCc2cc3c(cc2C1NC(=O)Cc1cccc2ccccc12)OCO3. The number of amides is 1. The highest BCUT2D eigenvalue weighted by molar-refractivity contribution is 5.90. The van der Waals surface area contributed by atoms with Crippen LogP contribution >= 0.6 is 0 Å². The van der Waals surface area contributed by atoms with E-state index in [1.54, 1.807) is 0 Å². The van der Waals surface area contributed by atoms with Crippen molar-refractivity contribution in [3.05, 3.63) is 71.3 Å². The lowest BCUT2D eigenvalue weighted by atomic mass is 9.79. The van der Waals surface area contributed by atoms with Crippen molar-refractivity contribution in [3.8, 4) is 11.5 Å². The fraction of sp³-hybridized carbons (Fsp3) is 0.280. The average molecular weight is 417 g/mol. The summed E-state index contributed by atoms with van der Waals surface area (Å²) in [6.45, 7) is 0.925. The van der Waals surface area contributed by atoms with E-state index < -0.39 is 0 Å². The Morgan fingerprint density at radius 1 is 1.10 bits per heavy atom. The molecule has 0 aromatic heterocycles. The number of rotatable bonds is 6. The standard InChI is InChI=1S/C25H23NO5/c27-14-29-13-19-9-8-18-10-22-23(31-15-30-22)12-21(18)25(19)26-24(28)11-17-6-3-5-16-4-1-2-7-20(16)17/h1-7,10,12,14,19,25H,8-9,11,13,15H2,(H,26,28). The Labute approximate surface area is 180 Å². The van der Waals surface area contributed by atoms with E-state index in [2.05, 4.69) is 5.32 Å². The highest BCUT2D eigenvalue weighted by Gasteiger charge is 2.33. The molecule has 6 nitrogen and oxygen atoms in total. The molecule has 3 aromatic carbocycles. The molecule has 31 heavy (non-hydrogen) atoms. The molecule has 1 heterocycles. The van der Waals surface area contributed by atoms with Gasteiger partial charge in [0.2, 0.25) is 12.7 Å².